The average Bonchev–Trinajstić information content (AvgIpc) is 3.43. The number of rotatable bonds is 6. The van der Waals surface area contributed by atoms with Gasteiger partial charge in [-0.2, -0.15) is 0 Å². The zero-order valence-corrected chi connectivity index (χ0v) is 16.5. The number of nitrogens with zero attached hydrogens (tertiary/aromatic N) is 4. The fourth-order valence-corrected chi connectivity index (χ4v) is 4.39. The molecule has 2 aliphatic heterocycles. The molecule has 0 saturated carbocycles. The van der Waals surface area contributed by atoms with Crippen molar-refractivity contribution in [1.82, 2.24) is 19.4 Å². The van der Waals surface area contributed by atoms with Gasteiger partial charge in [0.1, 0.15) is 5.76 Å². The highest BCUT2D eigenvalue weighted by Crippen LogP contribution is 2.23. The summed E-state index contributed by atoms with van der Waals surface area (Å²) in [6, 6.07) is 3.67. The van der Waals surface area contributed by atoms with Crippen molar-refractivity contribution in [1.29, 1.82) is 0 Å². The first kappa shape index (κ1) is 18.6. The molecule has 2 saturated heterocycles. The number of furan rings is 1. The van der Waals surface area contributed by atoms with Crippen LogP contribution in [0.3, 0.4) is 0 Å². The van der Waals surface area contributed by atoms with Gasteiger partial charge in [-0.25, -0.2) is 4.98 Å². The van der Waals surface area contributed by atoms with Crippen LogP contribution in [0.1, 0.15) is 29.2 Å². The van der Waals surface area contributed by atoms with Gasteiger partial charge in [0.2, 0.25) is 0 Å². The number of carbonyl (C=O) groups is 1. The molecule has 2 aromatic heterocycles. The van der Waals surface area contributed by atoms with Gasteiger partial charge in [0.15, 0.2) is 10.9 Å². The van der Waals surface area contributed by atoms with Crippen molar-refractivity contribution in [2.24, 2.45) is 7.05 Å². The Morgan fingerprint density at radius 2 is 2.15 bits per heavy atom. The normalized spacial score (nSPS) is 21.1. The summed E-state index contributed by atoms with van der Waals surface area (Å²) < 4.78 is 13.5. The van der Waals surface area contributed by atoms with E-state index in [1.54, 1.807) is 24.0 Å². The molecule has 0 radical (unpaired) electrons. The zero-order chi connectivity index (χ0) is 18.6. The van der Waals surface area contributed by atoms with Crippen LogP contribution in [0, 0.1) is 0 Å². The number of aryl methyl sites for hydroxylation is 1. The van der Waals surface area contributed by atoms with Gasteiger partial charge < -0.3 is 18.6 Å². The fourth-order valence-electron chi connectivity index (χ4n) is 3.56. The molecule has 4 rings (SSSR count). The third kappa shape index (κ3) is 4.56. The van der Waals surface area contributed by atoms with Gasteiger partial charge in [0, 0.05) is 58.8 Å². The molecular weight excluding hydrogens is 364 g/mol. The Morgan fingerprint density at radius 3 is 2.85 bits per heavy atom. The highest BCUT2D eigenvalue weighted by Gasteiger charge is 2.26. The lowest BCUT2D eigenvalue weighted by Crippen LogP contribution is -2.50. The van der Waals surface area contributed by atoms with E-state index in [1.165, 1.54) is 6.42 Å². The van der Waals surface area contributed by atoms with Crippen molar-refractivity contribution in [3.8, 4) is 0 Å². The monoisotopic (exact) mass is 390 g/mol. The van der Waals surface area contributed by atoms with Crippen molar-refractivity contribution >= 4 is 17.7 Å². The van der Waals surface area contributed by atoms with E-state index < -0.39 is 0 Å². The molecule has 1 atom stereocenters. The predicted octanol–water partition coefficient (Wildman–Crippen LogP) is 2.24. The second-order valence-corrected chi connectivity index (χ2v) is 8.05. The zero-order valence-electron chi connectivity index (χ0n) is 15.7. The van der Waals surface area contributed by atoms with Gasteiger partial charge in [0.25, 0.3) is 5.91 Å². The Balaban J connectivity index is 1.26. The van der Waals surface area contributed by atoms with Crippen LogP contribution in [0.4, 0.5) is 0 Å². The van der Waals surface area contributed by atoms with Gasteiger partial charge >= 0.3 is 0 Å². The number of aromatic nitrogens is 2. The lowest BCUT2D eigenvalue weighted by atomic mass is 10.2. The molecule has 0 aromatic carbocycles. The number of amides is 1. The van der Waals surface area contributed by atoms with Crippen LogP contribution in [-0.2, 0) is 17.5 Å². The number of imidazole rings is 1. The van der Waals surface area contributed by atoms with E-state index in [0.29, 0.717) is 17.6 Å². The van der Waals surface area contributed by atoms with E-state index in [2.05, 4.69) is 9.88 Å². The molecule has 27 heavy (non-hydrogen) atoms. The van der Waals surface area contributed by atoms with Crippen LogP contribution in [0.15, 0.2) is 34.1 Å². The van der Waals surface area contributed by atoms with Crippen LogP contribution in [0.25, 0.3) is 0 Å². The third-order valence-corrected chi connectivity index (χ3v) is 6.22. The van der Waals surface area contributed by atoms with E-state index >= 15 is 0 Å². The summed E-state index contributed by atoms with van der Waals surface area (Å²) in [5.41, 5.74) is 0. The summed E-state index contributed by atoms with van der Waals surface area (Å²) >= 11 is 1.60. The summed E-state index contributed by atoms with van der Waals surface area (Å²) in [5, 5.41) is 0.932. The van der Waals surface area contributed by atoms with E-state index in [4.69, 9.17) is 9.15 Å². The number of hydrogen-bond acceptors (Lipinski definition) is 6. The Morgan fingerprint density at radius 1 is 1.30 bits per heavy atom. The standard InChI is InChI=1S/C19H26N4O3S/c1-21-7-6-20-19(21)27-14-16-4-5-17(26-16)18(24)23-10-8-22(9-11-23)13-15-3-2-12-25-15/h4-7,15H,2-3,8-14H2,1H3/t15-/m0/s1. The van der Waals surface area contributed by atoms with E-state index in [0.717, 1.165) is 56.7 Å². The predicted molar refractivity (Wildman–Crippen MR) is 103 cm³/mol. The van der Waals surface area contributed by atoms with Crippen molar-refractivity contribution in [3.63, 3.8) is 0 Å². The number of piperazine rings is 1. The lowest BCUT2D eigenvalue weighted by Gasteiger charge is -2.35. The van der Waals surface area contributed by atoms with Crippen LogP contribution in [0.5, 0.6) is 0 Å². The largest absolute Gasteiger partial charge is 0.455 e. The smallest absolute Gasteiger partial charge is 0.289 e. The number of thioether (sulfide) groups is 1. The second-order valence-electron chi connectivity index (χ2n) is 7.10. The SMILES string of the molecule is Cn1ccnc1SCc1ccc(C(=O)N2CCN(C[C@@H]3CCCO3)CC2)o1. The third-order valence-electron chi connectivity index (χ3n) is 5.14. The fraction of sp³-hybridized carbons (Fsp3) is 0.579. The Bertz CT molecular complexity index is 761. The molecule has 0 unspecified atom stereocenters. The maximum absolute atomic E-state index is 12.7. The molecule has 146 valence electrons. The Labute approximate surface area is 163 Å². The number of ether oxygens (including phenoxy) is 1. The molecule has 1 amide bonds. The molecule has 0 bridgehead atoms. The minimum Gasteiger partial charge on any atom is -0.455 e. The van der Waals surface area contributed by atoms with Gasteiger partial charge in [-0.15, -0.1) is 0 Å². The van der Waals surface area contributed by atoms with Crippen molar-refractivity contribution in [3.05, 3.63) is 36.0 Å². The number of carbonyl (C=O) groups excluding carboxylic acids is 1. The highest BCUT2D eigenvalue weighted by molar-refractivity contribution is 7.98. The summed E-state index contributed by atoms with van der Waals surface area (Å²) in [6.45, 7) is 5.15. The van der Waals surface area contributed by atoms with E-state index in [1.807, 2.05) is 28.8 Å². The van der Waals surface area contributed by atoms with Crippen molar-refractivity contribution in [2.75, 3.05) is 39.3 Å². The summed E-state index contributed by atoms with van der Waals surface area (Å²) in [6.07, 6.45) is 6.39. The molecular formula is C19H26N4O3S. The Hall–Kier alpha value is -1.77. The topological polar surface area (TPSA) is 63.7 Å². The van der Waals surface area contributed by atoms with Crippen LogP contribution >= 0.6 is 11.8 Å². The molecule has 0 aliphatic carbocycles. The molecule has 2 aliphatic rings. The quantitative estimate of drug-likeness (QED) is 0.705. The summed E-state index contributed by atoms with van der Waals surface area (Å²) in [7, 11) is 1.96. The maximum atomic E-state index is 12.7. The second kappa shape index (κ2) is 8.50. The van der Waals surface area contributed by atoms with Gasteiger partial charge in [-0.3, -0.25) is 9.69 Å². The van der Waals surface area contributed by atoms with Crippen molar-refractivity contribution in [2.45, 2.75) is 29.9 Å². The molecule has 0 spiro atoms. The van der Waals surface area contributed by atoms with Gasteiger partial charge in [-0.05, 0) is 25.0 Å². The Kier molecular flexibility index (Phi) is 5.85. The van der Waals surface area contributed by atoms with E-state index in [9.17, 15) is 4.79 Å². The summed E-state index contributed by atoms with van der Waals surface area (Å²) in [5.74, 6) is 1.87. The first-order valence-corrected chi connectivity index (χ1v) is 10.5. The number of hydrogen-bond donors (Lipinski definition) is 0. The van der Waals surface area contributed by atoms with Crippen LogP contribution in [-0.4, -0.2) is 70.7 Å². The van der Waals surface area contributed by atoms with Crippen LogP contribution < -0.4 is 0 Å². The summed E-state index contributed by atoms with van der Waals surface area (Å²) in [4.78, 5) is 21.3. The average molecular weight is 391 g/mol. The van der Waals surface area contributed by atoms with Gasteiger partial charge in [0.05, 0.1) is 11.9 Å². The molecule has 2 aromatic rings. The van der Waals surface area contributed by atoms with Gasteiger partial charge in [-0.1, -0.05) is 11.8 Å². The molecule has 7 nitrogen and oxygen atoms in total. The highest BCUT2D eigenvalue weighted by atomic mass is 32.2. The van der Waals surface area contributed by atoms with E-state index in [-0.39, 0.29) is 5.91 Å². The first-order valence-electron chi connectivity index (χ1n) is 9.51. The van der Waals surface area contributed by atoms with Crippen LogP contribution in [0.2, 0.25) is 0 Å². The van der Waals surface area contributed by atoms with Crippen molar-refractivity contribution < 1.29 is 13.9 Å². The molecule has 8 heteroatoms. The molecule has 2 fully saturated rings. The molecule has 4 heterocycles. The minimum atomic E-state index is -0.0139. The lowest BCUT2D eigenvalue weighted by molar-refractivity contribution is 0.0416. The minimum absolute atomic E-state index is 0.0139. The first-order chi connectivity index (χ1) is 13.2. The molecule has 0 N–H and O–H groups in total. The maximum Gasteiger partial charge on any atom is 0.289 e.